The van der Waals surface area contributed by atoms with Gasteiger partial charge in [0.15, 0.2) is 5.78 Å². The number of carboxylic acids is 2. The number of aromatic nitrogens is 2. The van der Waals surface area contributed by atoms with Gasteiger partial charge in [0, 0.05) is 84.6 Å². The molecule has 0 unspecified atom stereocenters. The first-order valence-corrected chi connectivity index (χ1v) is 25.2. The van der Waals surface area contributed by atoms with Crippen molar-refractivity contribution in [1.29, 1.82) is 0 Å². The van der Waals surface area contributed by atoms with Gasteiger partial charge in [-0.25, -0.2) is 9.59 Å². The van der Waals surface area contributed by atoms with Crippen molar-refractivity contribution in [2.24, 2.45) is 7.05 Å². The number of anilines is 1. The van der Waals surface area contributed by atoms with Gasteiger partial charge in [-0.1, -0.05) is 109 Å². The molecule has 0 spiro atoms. The molecule has 0 saturated carbocycles. The fourth-order valence-corrected chi connectivity index (χ4v) is 9.55. The van der Waals surface area contributed by atoms with Gasteiger partial charge in [0.25, 0.3) is 0 Å². The Morgan fingerprint density at radius 2 is 1.25 bits per heavy atom. The summed E-state index contributed by atoms with van der Waals surface area (Å²) in [5, 5.41) is 56.0. The molecule has 0 aliphatic rings. The minimum atomic E-state index is -1.34. The third kappa shape index (κ3) is 12.1. The molecule has 10 aromatic rings. The average molecular weight is 1050 g/mol. The van der Waals surface area contributed by atoms with Gasteiger partial charge in [-0.05, 0) is 113 Å². The van der Waals surface area contributed by atoms with Crippen LogP contribution in [0.2, 0.25) is 0 Å². The molecule has 0 radical (unpaired) electrons. The first kappa shape index (κ1) is 55.1. The van der Waals surface area contributed by atoms with E-state index in [1.165, 1.54) is 83.4 Å². The first-order chi connectivity index (χ1) is 38.0. The van der Waals surface area contributed by atoms with E-state index in [0.29, 0.717) is 27.3 Å². The van der Waals surface area contributed by atoms with E-state index < -0.39 is 23.4 Å². The highest BCUT2D eigenvalue weighted by Crippen LogP contribution is 2.38. The summed E-state index contributed by atoms with van der Waals surface area (Å²) in [6.07, 6.45) is 7.41. The lowest BCUT2D eigenvalue weighted by atomic mass is 9.90. The van der Waals surface area contributed by atoms with E-state index in [1.807, 2.05) is 30.3 Å². The largest absolute Gasteiger partial charge is 0.872 e. The van der Waals surface area contributed by atoms with Crippen molar-refractivity contribution in [1.82, 2.24) is 4.57 Å². The number of aromatic hydroxyl groups is 2. The number of pyridine rings is 1. The van der Waals surface area contributed by atoms with E-state index in [1.54, 1.807) is 60.7 Å². The number of ketones is 1. The number of carboxylic acid groups (broad SMARTS) is 2. The van der Waals surface area contributed by atoms with Gasteiger partial charge < -0.3 is 44.5 Å². The number of benzene rings is 8. The highest BCUT2D eigenvalue weighted by molar-refractivity contribution is 6.10. The molecule has 0 saturated heterocycles. The summed E-state index contributed by atoms with van der Waals surface area (Å²) in [6.45, 7) is 4.35. The number of phenolic OH excluding ortho intramolecular Hbond substituents is 1. The molecule has 0 bridgehead atoms. The predicted molar refractivity (Wildman–Crippen MR) is 310 cm³/mol. The van der Waals surface area contributed by atoms with Crippen molar-refractivity contribution < 1.29 is 54.0 Å². The summed E-state index contributed by atoms with van der Waals surface area (Å²) in [4.78, 5) is 37.5. The number of rotatable bonds is 13. The van der Waals surface area contributed by atoms with E-state index in [-0.39, 0.29) is 51.5 Å². The van der Waals surface area contributed by atoms with Crippen molar-refractivity contribution >= 4 is 74.1 Å². The molecular weight excluding hydrogens is 995 g/mol. The van der Waals surface area contributed by atoms with Crippen molar-refractivity contribution in [3.63, 3.8) is 0 Å². The maximum Gasteiger partial charge on any atom is 0.339 e. The average Bonchev–Trinajstić information content (AvgIpc) is 3.87. The summed E-state index contributed by atoms with van der Waals surface area (Å²) in [6, 6.07) is 52.7. The smallest absolute Gasteiger partial charge is 0.339 e. The lowest BCUT2D eigenvalue weighted by Gasteiger charge is -2.21. The molecule has 0 aliphatic heterocycles. The highest BCUT2D eigenvalue weighted by Gasteiger charge is 2.21. The van der Waals surface area contributed by atoms with E-state index in [9.17, 15) is 39.9 Å². The zero-order valence-corrected chi connectivity index (χ0v) is 44.8. The molecule has 398 valence electrons. The molecule has 79 heavy (non-hydrogen) atoms. The molecule has 13 heteroatoms. The molecule has 0 atom stereocenters. The Labute approximate surface area is 457 Å². The topological polar surface area (TPSA) is 186 Å². The molecule has 2 heterocycles. The third-order valence-corrected chi connectivity index (χ3v) is 13.7. The zero-order chi connectivity index (χ0) is 56.5. The van der Waals surface area contributed by atoms with E-state index in [0.717, 1.165) is 5.56 Å². The number of ether oxygens (including phenoxy) is 2. The number of aromatic carboxylic acids is 2. The molecule has 10 rings (SSSR count). The predicted octanol–water partition coefficient (Wildman–Crippen LogP) is 12.4. The van der Waals surface area contributed by atoms with Gasteiger partial charge in [0.05, 0.1) is 19.8 Å². The van der Waals surface area contributed by atoms with E-state index in [2.05, 4.69) is 128 Å². The summed E-state index contributed by atoms with van der Waals surface area (Å²) in [5.74, 6) is -3.52. The van der Waals surface area contributed by atoms with Crippen molar-refractivity contribution in [3.05, 3.63) is 232 Å². The molecule has 0 fully saturated rings. The molecular formula is C66H59N3O10. The maximum absolute atomic E-state index is 12.9. The quantitative estimate of drug-likeness (QED) is 0.0489. The standard InChI is InChI=1S/C26H28N3.C23H16O6.C17H16O4/c1-19-17-21(20(2)29(19)24-9-7-6-8-10-24)11-13-23-14-12-22-18-25(27(3)4)15-16-26(22)28(23)5;24-20-16(14-7-3-1-5-12(14)9-18(20)22(26)27)11-17-15-8-4-2-6-13(15)10-19(21(17)25)23(28)29;1-20-13-10-15(19)17(16(11-13)21-2)14(18)9-8-12-6-4-3-5-7-12/h6-18H,1-5H3;1-10,24-25H,11H2,(H,26,27)(H,28,29);3-11,19H,1-2H3/q+1;;/p-1. The fraction of sp³-hybridized carbons (Fsp3) is 0.121. The monoisotopic (exact) mass is 1050 g/mol. The second-order valence-corrected chi connectivity index (χ2v) is 18.8. The number of hydrogen-bond acceptors (Lipinski definition) is 9. The van der Waals surface area contributed by atoms with Gasteiger partial charge in [-0.15, -0.1) is 0 Å². The highest BCUT2D eigenvalue weighted by atomic mass is 16.5. The number of phenols is 2. The van der Waals surface area contributed by atoms with Crippen LogP contribution in [0.15, 0.2) is 176 Å². The summed E-state index contributed by atoms with van der Waals surface area (Å²) < 4.78 is 14.7. The Bertz CT molecular complexity index is 3870. The van der Waals surface area contributed by atoms with E-state index in [4.69, 9.17) is 9.47 Å². The minimum Gasteiger partial charge on any atom is -0.872 e. The molecule has 0 amide bonds. The van der Waals surface area contributed by atoms with Crippen molar-refractivity contribution in [3.8, 4) is 34.4 Å². The van der Waals surface area contributed by atoms with Crippen LogP contribution in [0, 0.1) is 13.8 Å². The number of aryl methyl sites for hydroxylation is 2. The molecule has 4 N–H and O–H groups in total. The number of hydrogen-bond donors (Lipinski definition) is 4. The van der Waals surface area contributed by atoms with Gasteiger partial charge in [-0.3, -0.25) is 4.79 Å². The summed E-state index contributed by atoms with van der Waals surface area (Å²) in [7, 11) is 9.19. The zero-order valence-electron chi connectivity index (χ0n) is 44.8. The third-order valence-electron chi connectivity index (χ3n) is 13.7. The van der Waals surface area contributed by atoms with Crippen LogP contribution in [-0.2, 0) is 13.5 Å². The number of methoxy groups -OCH3 is 2. The number of nitrogens with zero attached hydrogens (tertiary/aromatic N) is 3. The van der Waals surface area contributed by atoms with Crippen LogP contribution in [0.4, 0.5) is 5.69 Å². The van der Waals surface area contributed by atoms with Gasteiger partial charge in [-0.2, -0.15) is 4.57 Å². The normalized spacial score (nSPS) is 11.1. The number of carbonyl (C=O) groups excluding carboxylic acids is 1. The number of allylic oxidation sites excluding steroid dienone is 1. The van der Waals surface area contributed by atoms with Gasteiger partial charge in [0.2, 0.25) is 11.2 Å². The van der Waals surface area contributed by atoms with Crippen LogP contribution in [0.1, 0.15) is 70.4 Å². The Hall–Kier alpha value is -10.1. The van der Waals surface area contributed by atoms with Crippen LogP contribution in [0.3, 0.4) is 0 Å². The first-order valence-electron chi connectivity index (χ1n) is 25.2. The lowest BCUT2D eigenvalue weighted by Crippen LogP contribution is -2.32. The number of fused-ring (bicyclic) bond motifs is 3. The maximum atomic E-state index is 12.9. The number of para-hydroxylation sites is 1. The number of carbonyl (C=O) groups is 3. The summed E-state index contributed by atoms with van der Waals surface area (Å²) in [5.41, 5.74) is 9.42. The van der Waals surface area contributed by atoms with Crippen LogP contribution in [0.25, 0.3) is 56.4 Å². The summed E-state index contributed by atoms with van der Waals surface area (Å²) >= 11 is 0. The van der Waals surface area contributed by atoms with Crippen LogP contribution in [0.5, 0.6) is 28.7 Å². The molecule has 13 nitrogen and oxygen atoms in total. The Kier molecular flexibility index (Phi) is 16.9. The fourth-order valence-electron chi connectivity index (χ4n) is 9.55. The van der Waals surface area contributed by atoms with Crippen LogP contribution >= 0.6 is 0 Å². The molecule has 8 aromatic carbocycles. The van der Waals surface area contributed by atoms with Crippen LogP contribution in [-0.4, -0.2) is 71.0 Å². The van der Waals surface area contributed by atoms with Crippen molar-refractivity contribution in [2.45, 2.75) is 20.3 Å². The minimum absolute atomic E-state index is 0.103. The Morgan fingerprint density at radius 1 is 0.646 bits per heavy atom. The Morgan fingerprint density at radius 3 is 1.87 bits per heavy atom. The lowest BCUT2D eigenvalue weighted by molar-refractivity contribution is -0.646. The van der Waals surface area contributed by atoms with Crippen molar-refractivity contribution in [2.75, 3.05) is 33.2 Å². The van der Waals surface area contributed by atoms with E-state index >= 15 is 0 Å². The SMILES string of the molecule is COc1cc(O)c(C(=O)C=Cc2ccccc2)c(OC)c1.Cc1cc(C=Cc2ccc3cc(N(C)C)ccc3[n+]2C)c(C)n1-c1ccccc1.O=C(O)c1cc2ccccc2c(Cc2c(O)c(C(=O)O)cc3ccccc23)c1[O-]. The Balaban J connectivity index is 0.000000159. The second-order valence-electron chi connectivity index (χ2n) is 18.8. The molecule has 2 aromatic heterocycles. The van der Waals surface area contributed by atoms with Crippen LogP contribution < -0.4 is 24.0 Å². The molecule has 0 aliphatic carbocycles. The van der Waals surface area contributed by atoms with Gasteiger partial charge in [0.1, 0.15) is 41.2 Å². The second kappa shape index (κ2) is 24.2. The van der Waals surface area contributed by atoms with Gasteiger partial charge >= 0.3 is 11.9 Å².